The molecular weight excluding hydrogens is 528 g/mol. The SMILES string of the molecule is Cn1c(=O)c2c(nc(CN3CCN(C(c4ccccc4)c4ccccc4)CC3)n2CC(=O)c2ccccc2)n(C)c1=O. The third kappa shape index (κ3) is 5.24. The molecule has 3 heterocycles. The van der Waals surface area contributed by atoms with E-state index in [1.807, 2.05) is 30.3 Å². The first-order valence-corrected chi connectivity index (χ1v) is 14.2. The molecule has 0 atom stereocenters. The molecular formula is C33H34N6O3. The van der Waals surface area contributed by atoms with E-state index in [-0.39, 0.29) is 23.9 Å². The molecule has 0 amide bonds. The van der Waals surface area contributed by atoms with E-state index >= 15 is 0 Å². The van der Waals surface area contributed by atoms with Crippen LogP contribution in [-0.4, -0.2) is 60.4 Å². The third-order valence-corrected chi connectivity index (χ3v) is 8.19. The van der Waals surface area contributed by atoms with Crippen molar-refractivity contribution in [3.63, 3.8) is 0 Å². The summed E-state index contributed by atoms with van der Waals surface area (Å²) >= 11 is 0. The fourth-order valence-corrected chi connectivity index (χ4v) is 5.91. The fourth-order valence-electron chi connectivity index (χ4n) is 5.91. The number of carbonyl (C=O) groups is 1. The molecule has 214 valence electrons. The largest absolute Gasteiger partial charge is 0.332 e. The number of benzene rings is 3. The highest BCUT2D eigenvalue weighted by Crippen LogP contribution is 2.29. The smallest absolute Gasteiger partial charge is 0.313 e. The molecule has 0 saturated carbocycles. The highest BCUT2D eigenvalue weighted by atomic mass is 16.2. The molecule has 1 saturated heterocycles. The van der Waals surface area contributed by atoms with E-state index < -0.39 is 11.2 Å². The summed E-state index contributed by atoms with van der Waals surface area (Å²) in [4.78, 5) is 48.8. The number of piperazine rings is 1. The Bertz CT molecular complexity index is 1780. The molecule has 5 aromatic rings. The van der Waals surface area contributed by atoms with Crippen molar-refractivity contribution in [2.45, 2.75) is 19.1 Å². The second kappa shape index (κ2) is 11.7. The average molecular weight is 563 g/mol. The molecule has 9 heteroatoms. The van der Waals surface area contributed by atoms with Crippen LogP contribution in [0.4, 0.5) is 0 Å². The number of nitrogens with zero attached hydrogens (tertiary/aromatic N) is 6. The molecule has 0 aliphatic carbocycles. The molecule has 9 nitrogen and oxygen atoms in total. The minimum absolute atomic E-state index is 0.0344. The van der Waals surface area contributed by atoms with Gasteiger partial charge in [-0.25, -0.2) is 9.78 Å². The summed E-state index contributed by atoms with van der Waals surface area (Å²) in [6.07, 6.45) is 0. The van der Waals surface area contributed by atoms with Gasteiger partial charge in [0.05, 0.1) is 19.1 Å². The van der Waals surface area contributed by atoms with Crippen LogP contribution < -0.4 is 11.2 Å². The number of Topliss-reactive ketones (excluding diaryl/α,β-unsaturated/α-hetero) is 1. The van der Waals surface area contributed by atoms with Crippen LogP contribution in [0.5, 0.6) is 0 Å². The summed E-state index contributed by atoms with van der Waals surface area (Å²) in [5.74, 6) is 0.481. The van der Waals surface area contributed by atoms with Gasteiger partial charge >= 0.3 is 5.69 Å². The minimum Gasteiger partial charge on any atom is -0.313 e. The van der Waals surface area contributed by atoms with Crippen LogP contribution in [0.1, 0.15) is 33.4 Å². The summed E-state index contributed by atoms with van der Waals surface area (Å²) in [7, 11) is 3.06. The zero-order valence-corrected chi connectivity index (χ0v) is 23.9. The Balaban J connectivity index is 1.29. The summed E-state index contributed by atoms with van der Waals surface area (Å²) < 4.78 is 4.16. The number of aryl methyl sites for hydroxylation is 1. The zero-order valence-electron chi connectivity index (χ0n) is 23.9. The van der Waals surface area contributed by atoms with Crippen LogP contribution in [0.15, 0.2) is 101 Å². The maximum absolute atomic E-state index is 13.3. The summed E-state index contributed by atoms with van der Waals surface area (Å²) in [6.45, 7) is 3.71. The van der Waals surface area contributed by atoms with Crippen molar-refractivity contribution in [1.82, 2.24) is 28.5 Å². The number of aromatic nitrogens is 4. The van der Waals surface area contributed by atoms with E-state index in [2.05, 4.69) is 58.3 Å². The molecule has 1 aliphatic heterocycles. The van der Waals surface area contributed by atoms with Gasteiger partial charge in [-0.15, -0.1) is 0 Å². The Kier molecular flexibility index (Phi) is 7.69. The zero-order chi connectivity index (χ0) is 29.2. The second-order valence-corrected chi connectivity index (χ2v) is 10.8. The van der Waals surface area contributed by atoms with Crippen LogP contribution in [0.3, 0.4) is 0 Å². The van der Waals surface area contributed by atoms with E-state index in [1.54, 1.807) is 23.7 Å². The molecule has 42 heavy (non-hydrogen) atoms. The van der Waals surface area contributed by atoms with Gasteiger partial charge in [-0.1, -0.05) is 91.0 Å². The van der Waals surface area contributed by atoms with Crippen molar-refractivity contribution in [1.29, 1.82) is 0 Å². The lowest BCUT2D eigenvalue weighted by Gasteiger charge is -2.39. The van der Waals surface area contributed by atoms with Crippen molar-refractivity contribution in [3.8, 4) is 0 Å². The van der Waals surface area contributed by atoms with Crippen molar-refractivity contribution in [2.75, 3.05) is 26.2 Å². The molecule has 0 unspecified atom stereocenters. The second-order valence-electron chi connectivity index (χ2n) is 10.8. The van der Waals surface area contributed by atoms with Gasteiger partial charge in [0.15, 0.2) is 16.9 Å². The molecule has 6 rings (SSSR count). The predicted molar refractivity (Wildman–Crippen MR) is 163 cm³/mol. The first-order valence-electron chi connectivity index (χ1n) is 14.2. The van der Waals surface area contributed by atoms with Crippen molar-refractivity contribution >= 4 is 16.9 Å². The monoisotopic (exact) mass is 562 g/mol. The molecule has 0 spiro atoms. The Morgan fingerprint density at radius 3 is 1.88 bits per heavy atom. The van der Waals surface area contributed by atoms with Crippen molar-refractivity contribution < 1.29 is 4.79 Å². The summed E-state index contributed by atoms with van der Waals surface area (Å²) in [6, 6.07) is 30.3. The molecule has 0 bridgehead atoms. The maximum atomic E-state index is 13.3. The van der Waals surface area contributed by atoms with Gasteiger partial charge < -0.3 is 4.57 Å². The number of hydrogen-bond donors (Lipinski definition) is 0. The molecule has 0 N–H and O–H groups in total. The molecule has 1 aliphatic rings. The van der Waals surface area contributed by atoms with Gasteiger partial charge in [0.25, 0.3) is 5.56 Å². The van der Waals surface area contributed by atoms with Gasteiger partial charge in [-0.05, 0) is 11.1 Å². The normalized spacial score (nSPS) is 14.5. The highest BCUT2D eigenvalue weighted by Gasteiger charge is 2.28. The average Bonchev–Trinajstić information content (AvgIpc) is 3.39. The summed E-state index contributed by atoms with van der Waals surface area (Å²) in [5.41, 5.74) is 2.75. The highest BCUT2D eigenvalue weighted by molar-refractivity contribution is 5.96. The van der Waals surface area contributed by atoms with Gasteiger partial charge in [-0.3, -0.25) is 28.5 Å². The number of fused-ring (bicyclic) bond motifs is 1. The molecule has 2 aromatic heterocycles. The van der Waals surface area contributed by atoms with Crippen LogP contribution in [-0.2, 0) is 27.2 Å². The first-order chi connectivity index (χ1) is 20.4. The van der Waals surface area contributed by atoms with Crippen LogP contribution in [0.25, 0.3) is 11.2 Å². The molecule has 0 radical (unpaired) electrons. The van der Waals surface area contributed by atoms with Gasteiger partial charge in [0, 0.05) is 45.8 Å². The Hall–Kier alpha value is -4.60. The number of imidazole rings is 1. The number of rotatable bonds is 8. The minimum atomic E-state index is -0.453. The van der Waals surface area contributed by atoms with Gasteiger partial charge in [-0.2, -0.15) is 0 Å². The van der Waals surface area contributed by atoms with Gasteiger partial charge in [0.2, 0.25) is 0 Å². The number of carbonyl (C=O) groups excluding carboxylic acids is 1. The van der Waals surface area contributed by atoms with E-state index in [9.17, 15) is 14.4 Å². The van der Waals surface area contributed by atoms with Crippen LogP contribution in [0, 0.1) is 0 Å². The quantitative estimate of drug-likeness (QED) is 0.270. The van der Waals surface area contributed by atoms with Gasteiger partial charge in [0.1, 0.15) is 5.82 Å². The van der Waals surface area contributed by atoms with E-state index in [4.69, 9.17) is 4.98 Å². The first kappa shape index (κ1) is 27.6. The molecule has 1 fully saturated rings. The lowest BCUT2D eigenvalue weighted by Crippen LogP contribution is -2.47. The Morgan fingerprint density at radius 2 is 1.31 bits per heavy atom. The topological polar surface area (TPSA) is 85.4 Å². The fraction of sp³-hybridized carbons (Fsp3) is 0.273. The Labute approximate surface area is 243 Å². The number of ketones is 1. The lowest BCUT2D eigenvalue weighted by molar-refractivity contribution is 0.0955. The van der Waals surface area contributed by atoms with Crippen molar-refractivity contribution in [3.05, 3.63) is 134 Å². The third-order valence-electron chi connectivity index (χ3n) is 8.19. The Morgan fingerprint density at radius 1 is 0.762 bits per heavy atom. The predicted octanol–water partition coefficient (Wildman–Crippen LogP) is 3.22. The van der Waals surface area contributed by atoms with Crippen LogP contribution in [0.2, 0.25) is 0 Å². The molecule has 3 aromatic carbocycles. The maximum Gasteiger partial charge on any atom is 0.332 e. The van der Waals surface area contributed by atoms with E-state index in [1.165, 1.54) is 22.7 Å². The standard InChI is InChI=1S/C33H34N6O3/c1-35-31-30(32(41)36(2)33(35)42)39(22-27(40)24-12-6-3-7-13-24)28(34-31)23-37-18-20-38(21-19-37)29(25-14-8-4-9-15-25)26-16-10-5-11-17-26/h3-17,29H,18-23H2,1-2H3. The van der Waals surface area contributed by atoms with E-state index in [0.717, 1.165) is 30.7 Å². The van der Waals surface area contributed by atoms with E-state index in [0.29, 0.717) is 23.6 Å². The van der Waals surface area contributed by atoms with Crippen molar-refractivity contribution in [2.24, 2.45) is 14.1 Å². The number of hydrogen-bond acceptors (Lipinski definition) is 6. The van der Waals surface area contributed by atoms with Crippen LogP contribution >= 0.6 is 0 Å². The lowest BCUT2D eigenvalue weighted by atomic mass is 9.96. The summed E-state index contributed by atoms with van der Waals surface area (Å²) in [5, 5.41) is 0.